The maximum absolute atomic E-state index is 11.9. The molecule has 6 heteroatoms. The van der Waals surface area contributed by atoms with Crippen molar-refractivity contribution < 1.29 is 9.32 Å². The van der Waals surface area contributed by atoms with Crippen LogP contribution in [0.4, 0.5) is 0 Å². The first-order chi connectivity index (χ1) is 8.99. The highest BCUT2D eigenvalue weighted by atomic mass is 16.5. The molecule has 0 spiro atoms. The molecule has 1 atom stereocenters. The lowest BCUT2D eigenvalue weighted by Crippen LogP contribution is -2.41. The third kappa shape index (κ3) is 3.12. The molecule has 1 amide bonds. The van der Waals surface area contributed by atoms with Gasteiger partial charge in [0.25, 0.3) is 0 Å². The van der Waals surface area contributed by atoms with Gasteiger partial charge in [-0.3, -0.25) is 9.69 Å². The lowest BCUT2D eigenvalue weighted by atomic mass is 9.94. The van der Waals surface area contributed by atoms with Crippen LogP contribution >= 0.6 is 0 Å². The predicted molar refractivity (Wildman–Crippen MR) is 70.4 cm³/mol. The first-order valence-corrected chi connectivity index (χ1v) is 6.74. The maximum atomic E-state index is 11.9. The number of hydrogen-bond donors (Lipinski definition) is 0. The Bertz CT molecular complexity index is 436. The molecule has 0 aromatic carbocycles. The fraction of sp³-hybridized carbons (Fsp3) is 0.769. The number of rotatable bonds is 3. The molecule has 1 aromatic heterocycles. The minimum atomic E-state index is 0.122. The smallest absolute Gasteiger partial charge is 0.243 e. The van der Waals surface area contributed by atoms with Crippen molar-refractivity contribution in [1.82, 2.24) is 19.9 Å². The highest BCUT2D eigenvalue weighted by Crippen LogP contribution is 2.26. The van der Waals surface area contributed by atoms with E-state index in [0.29, 0.717) is 11.7 Å². The van der Waals surface area contributed by atoms with Gasteiger partial charge < -0.3 is 9.42 Å². The van der Waals surface area contributed by atoms with E-state index in [-0.39, 0.29) is 17.9 Å². The van der Waals surface area contributed by atoms with E-state index in [4.69, 9.17) is 4.52 Å². The third-order valence-electron chi connectivity index (χ3n) is 3.77. The van der Waals surface area contributed by atoms with Gasteiger partial charge in [0.05, 0.1) is 6.04 Å². The van der Waals surface area contributed by atoms with E-state index in [1.807, 2.05) is 21.0 Å². The van der Waals surface area contributed by atoms with E-state index in [2.05, 4.69) is 22.0 Å². The predicted octanol–water partition coefficient (Wildman–Crippen LogP) is 1.24. The van der Waals surface area contributed by atoms with Crippen molar-refractivity contribution in [2.45, 2.75) is 32.7 Å². The van der Waals surface area contributed by atoms with Crippen LogP contribution in [0.3, 0.4) is 0 Å². The lowest BCUT2D eigenvalue weighted by molar-refractivity contribution is -0.134. The van der Waals surface area contributed by atoms with Crippen molar-refractivity contribution in [3.8, 4) is 0 Å². The van der Waals surface area contributed by atoms with Crippen LogP contribution in [0, 0.1) is 12.8 Å². The molecule has 106 valence electrons. The van der Waals surface area contributed by atoms with E-state index in [0.717, 1.165) is 25.9 Å². The van der Waals surface area contributed by atoms with Crippen LogP contribution in [-0.4, -0.2) is 53.0 Å². The van der Waals surface area contributed by atoms with Gasteiger partial charge in [-0.05, 0) is 39.8 Å². The molecule has 2 heterocycles. The summed E-state index contributed by atoms with van der Waals surface area (Å²) in [5.41, 5.74) is 0. The Morgan fingerprint density at radius 1 is 1.42 bits per heavy atom. The van der Waals surface area contributed by atoms with Crippen molar-refractivity contribution in [3.63, 3.8) is 0 Å². The normalized spacial score (nSPS) is 19.4. The number of amides is 1. The Hall–Kier alpha value is -1.43. The Labute approximate surface area is 113 Å². The summed E-state index contributed by atoms with van der Waals surface area (Å²) in [5, 5.41) is 3.83. The van der Waals surface area contributed by atoms with Gasteiger partial charge in [-0.15, -0.1) is 0 Å². The largest absolute Gasteiger partial charge is 0.349 e. The summed E-state index contributed by atoms with van der Waals surface area (Å²) < 4.78 is 5.21. The number of aromatic nitrogens is 2. The summed E-state index contributed by atoms with van der Waals surface area (Å²) in [6.45, 7) is 5.68. The molecule has 0 saturated carbocycles. The average molecular weight is 266 g/mol. The van der Waals surface area contributed by atoms with Gasteiger partial charge in [0, 0.05) is 20.0 Å². The zero-order valence-electron chi connectivity index (χ0n) is 12.1. The number of hydrogen-bond acceptors (Lipinski definition) is 5. The number of likely N-dealkylation sites (tertiary alicyclic amines) is 1. The van der Waals surface area contributed by atoms with E-state index in [9.17, 15) is 4.79 Å². The molecule has 0 radical (unpaired) electrons. The van der Waals surface area contributed by atoms with E-state index in [1.165, 1.54) is 0 Å². The van der Waals surface area contributed by atoms with E-state index < -0.39 is 0 Å². The zero-order valence-corrected chi connectivity index (χ0v) is 12.1. The highest BCUT2D eigenvalue weighted by molar-refractivity contribution is 5.78. The summed E-state index contributed by atoms with van der Waals surface area (Å²) in [6, 6.07) is 0.122. The molecule has 1 unspecified atom stereocenters. The van der Waals surface area contributed by atoms with Crippen molar-refractivity contribution in [2.75, 3.05) is 27.2 Å². The Balaban J connectivity index is 1.91. The minimum absolute atomic E-state index is 0.122. The monoisotopic (exact) mass is 266 g/mol. The van der Waals surface area contributed by atoms with Crippen LogP contribution in [-0.2, 0) is 4.79 Å². The van der Waals surface area contributed by atoms with E-state index in [1.54, 1.807) is 4.90 Å². The second-order valence-electron chi connectivity index (χ2n) is 5.40. The number of aryl methyl sites for hydroxylation is 1. The summed E-state index contributed by atoms with van der Waals surface area (Å²) in [4.78, 5) is 20.2. The average Bonchev–Trinajstić information content (AvgIpc) is 2.84. The molecule has 1 aliphatic rings. The van der Waals surface area contributed by atoms with Gasteiger partial charge in [0.15, 0.2) is 5.82 Å². The van der Waals surface area contributed by atoms with Gasteiger partial charge in [0.1, 0.15) is 0 Å². The Morgan fingerprint density at radius 3 is 2.53 bits per heavy atom. The molecule has 0 aliphatic carbocycles. The summed E-state index contributed by atoms with van der Waals surface area (Å²) in [5.74, 6) is 1.72. The summed E-state index contributed by atoms with van der Waals surface area (Å²) >= 11 is 0. The molecule has 1 fully saturated rings. The van der Waals surface area contributed by atoms with Crippen LogP contribution in [0.15, 0.2) is 4.52 Å². The summed E-state index contributed by atoms with van der Waals surface area (Å²) in [7, 11) is 3.64. The SMILES string of the molecule is Cc1noc(C(C)N2CCC(C(=O)N(C)C)CC2)n1. The molecular formula is C13H22N4O2. The number of carbonyl (C=O) groups excluding carboxylic acids is 1. The molecule has 1 aliphatic heterocycles. The summed E-state index contributed by atoms with van der Waals surface area (Å²) in [6.07, 6.45) is 1.79. The third-order valence-corrected chi connectivity index (χ3v) is 3.77. The topological polar surface area (TPSA) is 62.5 Å². The van der Waals surface area contributed by atoms with Crippen LogP contribution < -0.4 is 0 Å². The lowest BCUT2D eigenvalue weighted by Gasteiger charge is -2.34. The van der Waals surface area contributed by atoms with Crippen LogP contribution in [0.1, 0.15) is 37.5 Å². The van der Waals surface area contributed by atoms with Gasteiger partial charge in [-0.2, -0.15) is 4.98 Å². The second kappa shape index (κ2) is 5.69. The van der Waals surface area contributed by atoms with Crippen molar-refractivity contribution in [2.24, 2.45) is 5.92 Å². The molecule has 2 rings (SSSR count). The minimum Gasteiger partial charge on any atom is -0.349 e. The van der Waals surface area contributed by atoms with Gasteiger partial charge >= 0.3 is 0 Å². The maximum Gasteiger partial charge on any atom is 0.243 e. The van der Waals surface area contributed by atoms with Crippen LogP contribution in [0.2, 0.25) is 0 Å². The first-order valence-electron chi connectivity index (χ1n) is 6.74. The van der Waals surface area contributed by atoms with Crippen molar-refractivity contribution in [3.05, 3.63) is 11.7 Å². The molecule has 1 aromatic rings. The number of carbonyl (C=O) groups is 1. The van der Waals surface area contributed by atoms with Gasteiger partial charge in [0.2, 0.25) is 11.8 Å². The fourth-order valence-corrected chi connectivity index (χ4v) is 2.54. The molecule has 19 heavy (non-hydrogen) atoms. The van der Waals surface area contributed by atoms with Crippen molar-refractivity contribution >= 4 is 5.91 Å². The van der Waals surface area contributed by atoms with Crippen molar-refractivity contribution in [1.29, 1.82) is 0 Å². The molecule has 1 saturated heterocycles. The fourth-order valence-electron chi connectivity index (χ4n) is 2.54. The Kier molecular flexibility index (Phi) is 4.19. The molecule has 6 nitrogen and oxygen atoms in total. The Morgan fingerprint density at radius 2 is 2.05 bits per heavy atom. The molecular weight excluding hydrogens is 244 g/mol. The van der Waals surface area contributed by atoms with E-state index >= 15 is 0 Å². The standard InChI is InChI=1S/C13H22N4O2/c1-9(12-14-10(2)15-19-12)17-7-5-11(6-8-17)13(18)16(3)4/h9,11H,5-8H2,1-4H3. The molecule has 0 N–H and O–H groups in total. The number of piperidine rings is 1. The quantitative estimate of drug-likeness (QED) is 0.823. The zero-order chi connectivity index (χ0) is 14.0. The first kappa shape index (κ1) is 14.0. The molecule has 0 bridgehead atoms. The second-order valence-corrected chi connectivity index (χ2v) is 5.40. The van der Waals surface area contributed by atoms with Gasteiger partial charge in [-0.25, -0.2) is 0 Å². The van der Waals surface area contributed by atoms with Crippen LogP contribution in [0.25, 0.3) is 0 Å². The van der Waals surface area contributed by atoms with Gasteiger partial charge in [-0.1, -0.05) is 5.16 Å². The van der Waals surface area contributed by atoms with Crippen LogP contribution in [0.5, 0.6) is 0 Å². The number of nitrogens with zero attached hydrogens (tertiary/aromatic N) is 4. The highest BCUT2D eigenvalue weighted by Gasteiger charge is 2.30.